The van der Waals surface area contributed by atoms with Gasteiger partial charge in [-0.2, -0.15) is 8.42 Å². The molecule has 0 atom stereocenters. The van der Waals surface area contributed by atoms with Gasteiger partial charge in [-0.1, -0.05) is 4.98 Å². The number of hydrogen-bond acceptors (Lipinski definition) is 8. The quantitative estimate of drug-likeness (QED) is 0.411. The third-order valence-corrected chi connectivity index (χ3v) is 2.63. The summed E-state index contributed by atoms with van der Waals surface area (Å²) in [4.78, 5) is 5.85. The summed E-state index contributed by atoms with van der Waals surface area (Å²) in [5.41, 5.74) is 11.1. The van der Waals surface area contributed by atoms with Gasteiger partial charge in [0.05, 0.1) is 6.07 Å². The zero-order valence-electron chi connectivity index (χ0n) is 9.22. The molecule has 1 aliphatic rings. The molecule has 11 heteroatoms. The average molecular weight is 279 g/mol. The van der Waals surface area contributed by atoms with Crippen molar-refractivity contribution in [3.8, 4) is 0 Å². The van der Waals surface area contributed by atoms with Crippen LogP contribution in [0.15, 0.2) is 6.07 Å². The van der Waals surface area contributed by atoms with Crippen LogP contribution in [0.3, 0.4) is 0 Å². The zero-order chi connectivity index (χ0) is 12.6. The van der Waals surface area contributed by atoms with Crippen LogP contribution in [0.5, 0.6) is 0 Å². The van der Waals surface area contributed by atoms with E-state index in [1.165, 1.54) is 6.07 Å². The first-order chi connectivity index (χ1) is 7.87. The minimum absolute atomic E-state index is 0. The molecule has 0 saturated carbocycles. The first kappa shape index (κ1) is 14.2. The summed E-state index contributed by atoms with van der Waals surface area (Å²) in [5, 5.41) is 0. The molecule has 0 radical (unpaired) electrons. The smallest absolute Gasteiger partial charge is 0.474 e. The monoisotopic (exact) mass is 279 g/mol. The van der Waals surface area contributed by atoms with Gasteiger partial charge in [0.15, 0.2) is 5.82 Å². The minimum Gasteiger partial charge on any atom is -0.870 e. The Morgan fingerprint density at radius 2 is 2.06 bits per heavy atom. The molecule has 1 saturated heterocycles. The maximum absolute atomic E-state index is 10.6. The molecule has 10 nitrogen and oxygen atoms in total. The summed E-state index contributed by atoms with van der Waals surface area (Å²) in [6, 6.07) is 1.42. The van der Waals surface area contributed by atoms with Crippen LogP contribution in [0, 0.1) is 0 Å². The van der Waals surface area contributed by atoms with Crippen molar-refractivity contribution in [2.45, 2.75) is 6.42 Å². The standard InChI is InChI=1S/C7H11N5O4S.H2O/c8-5-4-6(11-2-1-3-11)10-7(9)12(5)16-17(13,14)15;/h4H,1-3H2,(H4,8,9,10,13,14,15);1H2. The van der Waals surface area contributed by atoms with Crippen LogP contribution in [-0.2, 0) is 10.4 Å². The van der Waals surface area contributed by atoms with Gasteiger partial charge in [-0.3, -0.25) is 4.55 Å². The fraction of sp³-hybridized carbons (Fsp3) is 0.429. The van der Waals surface area contributed by atoms with Crippen molar-refractivity contribution in [2.75, 3.05) is 29.5 Å². The van der Waals surface area contributed by atoms with E-state index in [4.69, 9.17) is 16.0 Å². The largest absolute Gasteiger partial charge is 0.870 e. The normalized spacial score (nSPS) is 14.6. The maximum atomic E-state index is 10.6. The third-order valence-electron chi connectivity index (χ3n) is 2.30. The van der Waals surface area contributed by atoms with E-state index in [2.05, 4.69) is 9.27 Å². The van der Waals surface area contributed by atoms with Gasteiger partial charge in [0.1, 0.15) is 0 Å². The molecule has 0 aliphatic carbocycles. The van der Waals surface area contributed by atoms with Crippen LogP contribution >= 0.6 is 0 Å². The maximum Gasteiger partial charge on any atom is 0.474 e. The van der Waals surface area contributed by atoms with Gasteiger partial charge in [0.2, 0.25) is 5.82 Å². The second-order valence-corrected chi connectivity index (χ2v) is 4.54. The predicted molar refractivity (Wildman–Crippen MR) is 60.2 cm³/mol. The molecule has 0 aromatic carbocycles. The number of hydrogen-bond donors (Lipinski definition) is 3. The van der Waals surface area contributed by atoms with E-state index >= 15 is 0 Å². The molecule has 1 aromatic rings. The molecule has 18 heavy (non-hydrogen) atoms. The molecule has 0 spiro atoms. The third kappa shape index (κ3) is 2.88. The van der Waals surface area contributed by atoms with E-state index in [0.717, 1.165) is 19.5 Å². The summed E-state index contributed by atoms with van der Waals surface area (Å²) in [7, 11) is -4.70. The van der Waals surface area contributed by atoms with Gasteiger partial charge in [-0.25, -0.2) is 4.28 Å². The second-order valence-electron chi connectivity index (χ2n) is 3.53. The summed E-state index contributed by atoms with van der Waals surface area (Å²) in [6.07, 6.45) is 1.05. The summed E-state index contributed by atoms with van der Waals surface area (Å²) < 4.78 is 34.3. The van der Waals surface area contributed by atoms with Crippen LogP contribution < -0.4 is 25.4 Å². The molecule has 1 fully saturated rings. The Balaban J connectivity index is 0.00000162. The van der Waals surface area contributed by atoms with Crippen molar-refractivity contribution in [3.63, 3.8) is 0 Å². The van der Waals surface area contributed by atoms with Crippen LogP contribution in [0.2, 0.25) is 0 Å². The van der Waals surface area contributed by atoms with Crippen LogP contribution in [0.1, 0.15) is 6.42 Å². The summed E-state index contributed by atoms with van der Waals surface area (Å²) in [5.74, 6) is 0.211. The predicted octanol–water partition coefficient (Wildman–Crippen LogP) is -2.20. The Morgan fingerprint density at radius 1 is 1.44 bits per heavy atom. The van der Waals surface area contributed by atoms with Crippen molar-refractivity contribution < 1.29 is 27.5 Å². The van der Waals surface area contributed by atoms with Crippen LogP contribution in [-0.4, -0.2) is 36.5 Å². The Morgan fingerprint density at radius 3 is 2.44 bits per heavy atom. The fourth-order valence-electron chi connectivity index (χ4n) is 1.40. The van der Waals surface area contributed by atoms with E-state index in [-0.39, 0.29) is 17.2 Å². The highest BCUT2D eigenvalue weighted by Crippen LogP contribution is 2.19. The number of rotatable bonds is 3. The number of aromatic nitrogens is 2. The zero-order valence-corrected chi connectivity index (χ0v) is 10.0. The Labute approximate surface area is 103 Å². The minimum atomic E-state index is -4.70. The number of nitrogen functional groups attached to an aromatic ring is 2. The highest BCUT2D eigenvalue weighted by molar-refractivity contribution is 7.80. The molecular weight excluding hydrogens is 266 g/mol. The molecule has 1 aromatic heterocycles. The Kier molecular flexibility index (Phi) is 3.79. The van der Waals surface area contributed by atoms with Crippen molar-refractivity contribution in [3.05, 3.63) is 6.07 Å². The van der Waals surface area contributed by atoms with Crippen molar-refractivity contribution in [2.24, 2.45) is 0 Å². The Bertz CT molecular complexity index is 520. The van der Waals surface area contributed by atoms with Gasteiger partial charge in [-0.05, 0) is 11.2 Å². The molecule has 0 unspecified atom stereocenters. The molecular formula is C7H13N5O5S. The lowest BCUT2D eigenvalue weighted by Gasteiger charge is -2.30. The lowest BCUT2D eigenvalue weighted by Crippen LogP contribution is -2.51. The van der Waals surface area contributed by atoms with Gasteiger partial charge in [0.25, 0.3) is 0 Å². The molecule has 0 amide bonds. The number of nitrogens with two attached hydrogens (primary N) is 2. The lowest BCUT2D eigenvalue weighted by molar-refractivity contribution is -0.835. The molecule has 0 bridgehead atoms. The van der Waals surface area contributed by atoms with Gasteiger partial charge in [0, 0.05) is 13.1 Å². The van der Waals surface area contributed by atoms with Gasteiger partial charge >= 0.3 is 16.3 Å². The highest BCUT2D eigenvalue weighted by atomic mass is 32.3. The Hall–Kier alpha value is -1.85. The van der Waals surface area contributed by atoms with E-state index in [0.29, 0.717) is 10.5 Å². The topological polar surface area (TPSA) is 166 Å². The van der Waals surface area contributed by atoms with Crippen molar-refractivity contribution in [1.29, 1.82) is 0 Å². The van der Waals surface area contributed by atoms with E-state index in [9.17, 15) is 8.42 Å². The van der Waals surface area contributed by atoms with E-state index < -0.39 is 10.4 Å². The molecule has 6 N–H and O–H groups in total. The average Bonchev–Trinajstić information content (AvgIpc) is 2.07. The first-order valence-corrected chi connectivity index (χ1v) is 6.14. The van der Waals surface area contributed by atoms with E-state index in [1.54, 1.807) is 0 Å². The van der Waals surface area contributed by atoms with Crippen molar-refractivity contribution in [1.82, 2.24) is 4.98 Å². The highest BCUT2D eigenvalue weighted by Gasteiger charge is 2.24. The van der Waals surface area contributed by atoms with Crippen LogP contribution in [0.25, 0.3) is 0 Å². The van der Waals surface area contributed by atoms with Gasteiger partial charge < -0.3 is 21.8 Å². The summed E-state index contributed by atoms with van der Waals surface area (Å²) in [6.45, 7) is 1.68. The van der Waals surface area contributed by atoms with Crippen LogP contribution in [0.4, 0.5) is 17.6 Å². The van der Waals surface area contributed by atoms with Gasteiger partial charge in [-0.15, -0.1) is 0 Å². The van der Waals surface area contributed by atoms with Crippen molar-refractivity contribution >= 4 is 28.0 Å². The summed E-state index contributed by atoms with van der Waals surface area (Å²) >= 11 is 0. The number of nitrogens with zero attached hydrogens (tertiary/aromatic N) is 3. The van der Waals surface area contributed by atoms with E-state index in [1.807, 2.05) is 4.90 Å². The fourth-order valence-corrected chi connectivity index (χ4v) is 1.75. The first-order valence-electron chi connectivity index (χ1n) is 4.77. The SMILES string of the molecule is Nc1cc(N2CCC2)nc(N)[n+]1OS(=O)(=O)O.[OH-]. The molecule has 2 rings (SSSR count). The molecule has 102 valence electrons. The molecule has 1 aliphatic heterocycles. The molecule has 2 heterocycles. The second kappa shape index (κ2) is 4.80. The number of anilines is 3. The lowest BCUT2D eigenvalue weighted by atomic mass is 10.2.